The Labute approximate surface area is 168 Å². The van der Waals surface area contributed by atoms with E-state index in [0.29, 0.717) is 24.9 Å². The van der Waals surface area contributed by atoms with Gasteiger partial charge in [0.15, 0.2) is 11.6 Å². The van der Waals surface area contributed by atoms with Gasteiger partial charge in [0.1, 0.15) is 17.7 Å². The third-order valence-corrected chi connectivity index (χ3v) is 4.97. The van der Waals surface area contributed by atoms with E-state index in [1.165, 1.54) is 12.1 Å². The van der Waals surface area contributed by atoms with Gasteiger partial charge in [-0.2, -0.15) is 0 Å². The van der Waals surface area contributed by atoms with Crippen molar-refractivity contribution < 1.29 is 31.4 Å². The molecule has 0 aliphatic heterocycles. The summed E-state index contributed by atoms with van der Waals surface area (Å²) in [5, 5.41) is 4.89. The highest BCUT2D eigenvalue weighted by Crippen LogP contribution is 2.32. The van der Waals surface area contributed by atoms with Gasteiger partial charge in [-0.3, -0.25) is 4.98 Å². The van der Waals surface area contributed by atoms with Gasteiger partial charge < -0.3 is 14.8 Å². The Morgan fingerprint density at radius 1 is 1.03 bits per heavy atom. The summed E-state index contributed by atoms with van der Waals surface area (Å²) in [4.78, 5) is 4.03. The van der Waals surface area contributed by atoms with E-state index in [-0.39, 0.29) is 23.7 Å². The topological polar surface area (TPSA) is 43.4 Å². The van der Waals surface area contributed by atoms with Crippen LogP contribution in [0.2, 0.25) is 0 Å². The van der Waals surface area contributed by atoms with E-state index in [2.05, 4.69) is 15.0 Å². The summed E-state index contributed by atoms with van der Waals surface area (Å²) >= 11 is 0. The molecular formula is C21H17F5N2O2. The van der Waals surface area contributed by atoms with Crippen molar-refractivity contribution in [1.82, 2.24) is 10.3 Å². The van der Waals surface area contributed by atoms with Crippen molar-refractivity contribution in [3.63, 3.8) is 0 Å². The van der Waals surface area contributed by atoms with Crippen LogP contribution in [-0.2, 0) is 6.54 Å². The summed E-state index contributed by atoms with van der Waals surface area (Å²) in [5.74, 6) is -2.28. The monoisotopic (exact) mass is 424 g/mol. The lowest BCUT2D eigenvalue weighted by molar-refractivity contribution is -0.275. The molecule has 0 spiro atoms. The summed E-state index contributed by atoms with van der Waals surface area (Å²) < 4.78 is 73.9. The number of hydrogen-bond acceptors (Lipinski definition) is 4. The van der Waals surface area contributed by atoms with Gasteiger partial charge in [-0.1, -0.05) is 0 Å². The molecule has 30 heavy (non-hydrogen) atoms. The first-order valence-electron chi connectivity index (χ1n) is 9.25. The molecule has 1 aliphatic rings. The number of hydrogen-bond donors (Lipinski definition) is 1. The van der Waals surface area contributed by atoms with Gasteiger partial charge in [-0.05, 0) is 48.6 Å². The van der Waals surface area contributed by atoms with E-state index in [0.717, 1.165) is 22.9 Å². The van der Waals surface area contributed by atoms with E-state index in [1.54, 1.807) is 24.5 Å². The molecule has 3 aromatic rings. The number of rotatable bonds is 6. The fourth-order valence-corrected chi connectivity index (χ4v) is 3.41. The third kappa shape index (κ3) is 4.62. The van der Waals surface area contributed by atoms with Gasteiger partial charge in [-0.15, -0.1) is 13.2 Å². The number of fused-ring (bicyclic) bond motifs is 1. The standard InChI is InChI=1S/C21H17F5N2O2/c22-18-3-1-12-10-27-6-5-16(12)17(18)11-28-13-7-15(8-13)29-14-2-4-19(23)20(9-14)30-21(24,25)26/h1-6,9-10,13,15,28H,7-8,11H2/t13-,15-. The van der Waals surface area contributed by atoms with Crippen LogP contribution < -0.4 is 14.8 Å². The molecule has 0 atom stereocenters. The highest BCUT2D eigenvalue weighted by Gasteiger charge is 2.34. The lowest BCUT2D eigenvalue weighted by Gasteiger charge is -2.36. The maximum absolute atomic E-state index is 14.2. The largest absolute Gasteiger partial charge is 0.573 e. The van der Waals surface area contributed by atoms with Crippen LogP contribution in [-0.4, -0.2) is 23.5 Å². The zero-order chi connectivity index (χ0) is 21.3. The fraction of sp³-hybridized carbons (Fsp3) is 0.286. The lowest BCUT2D eigenvalue weighted by atomic mass is 9.89. The maximum atomic E-state index is 14.2. The Bertz CT molecular complexity index is 1050. The number of benzene rings is 2. The lowest BCUT2D eigenvalue weighted by Crippen LogP contribution is -2.46. The molecule has 0 unspecified atom stereocenters. The third-order valence-electron chi connectivity index (χ3n) is 4.97. The smallest absolute Gasteiger partial charge is 0.490 e. The molecule has 0 saturated heterocycles. The van der Waals surface area contributed by atoms with Crippen molar-refractivity contribution >= 4 is 10.8 Å². The van der Waals surface area contributed by atoms with Gasteiger partial charge in [0.05, 0.1) is 0 Å². The summed E-state index contributed by atoms with van der Waals surface area (Å²) in [6.07, 6.45) is -0.782. The zero-order valence-corrected chi connectivity index (χ0v) is 15.5. The van der Waals surface area contributed by atoms with Gasteiger partial charge in [0, 0.05) is 42.0 Å². The predicted octanol–water partition coefficient (Wildman–Crippen LogP) is 5.11. The summed E-state index contributed by atoms with van der Waals surface area (Å²) in [7, 11) is 0. The van der Waals surface area contributed by atoms with Crippen LogP contribution in [0.15, 0.2) is 48.8 Å². The van der Waals surface area contributed by atoms with Crippen molar-refractivity contribution in [2.45, 2.75) is 37.9 Å². The van der Waals surface area contributed by atoms with Crippen molar-refractivity contribution in [2.24, 2.45) is 0 Å². The summed E-state index contributed by atoms with van der Waals surface area (Å²) in [5.41, 5.74) is 0.548. The highest BCUT2D eigenvalue weighted by atomic mass is 19.4. The zero-order valence-electron chi connectivity index (χ0n) is 15.5. The molecule has 158 valence electrons. The second-order valence-electron chi connectivity index (χ2n) is 7.05. The van der Waals surface area contributed by atoms with Crippen molar-refractivity contribution in [3.8, 4) is 11.5 Å². The van der Waals surface area contributed by atoms with E-state index in [4.69, 9.17) is 4.74 Å². The molecular weight excluding hydrogens is 407 g/mol. The maximum Gasteiger partial charge on any atom is 0.573 e. The van der Waals surface area contributed by atoms with E-state index in [1.807, 2.05) is 0 Å². The minimum atomic E-state index is -4.99. The number of ether oxygens (including phenoxy) is 2. The van der Waals surface area contributed by atoms with Crippen LogP contribution in [0.5, 0.6) is 11.5 Å². The number of aromatic nitrogens is 1. The molecule has 1 N–H and O–H groups in total. The number of halogens is 5. The fourth-order valence-electron chi connectivity index (χ4n) is 3.41. The number of nitrogens with one attached hydrogen (secondary N) is 1. The Hall–Kier alpha value is -2.94. The summed E-state index contributed by atoms with van der Waals surface area (Å²) in [6.45, 7) is 0.324. The first-order valence-corrected chi connectivity index (χ1v) is 9.25. The molecule has 4 nitrogen and oxygen atoms in total. The van der Waals surface area contributed by atoms with E-state index >= 15 is 0 Å². The molecule has 1 saturated carbocycles. The number of pyridine rings is 1. The van der Waals surface area contributed by atoms with E-state index < -0.39 is 17.9 Å². The van der Waals surface area contributed by atoms with E-state index in [9.17, 15) is 22.0 Å². The van der Waals surface area contributed by atoms with Crippen LogP contribution in [0, 0.1) is 11.6 Å². The van der Waals surface area contributed by atoms with Crippen LogP contribution >= 0.6 is 0 Å². The van der Waals surface area contributed by atoms with Crippen LogP contribution in [0.3, 0.4) is 0 Å². The normalized spacial score (nSPS) is 18.8. The van der Waals surface area contributed by atoms with Crippen LogP contribution in [0.25, 0.3) is 10.8 Å². The molecule has 4 rings (SSSR count). The molecule has 1 aromatic heterocycles. The molecule has 0 bridgehead atoms. The molecule has 1 heterocycles. The quantitative estimate of drug-likeness (QED) is 0.559. The van der Waals surface area contributed by atoms with Gasteiger partial charge in [0.2, 0.25) is 0 Å². The molecule has 1 aliphatic carbocycles. The van der Waals surface area contributed by atoms with Gasteiger partial charge >= 0.3 is 6.36 Å². The summed E-state index contributed by atoms with van der Waals surface area (Å²) in [6, 6.07) is 7.90. The van der Waals surface area contributed by atoms with Gasteiger partial charge in [-0.25, -0.2) is 8.78 Å². The first-order chi connectivity index (χ1) is 14.3. The Morgan fingerprint density at radius 3 is 2.57 bits per heavy atom. The molecule has 9 heteroatoms. The van der Waals surface area contributed by atoms with Crippen LogP contribution in [0.1, 0.15) is 18.4 Å². The Kier molecular flexibility index (Phi) is 5.46. The van der Waals surface area contributed by atoms with Crippen molar-refractivity contribution in [2.75, 3.05) is 0 Å². The van der Waals surface area contributed by atoms with Crippen LogP contribution in [0.4, 0.5) is 22.0 Å². The molecule has 2 aromatic carbocycles. The second-order valence-corrected chi connectivity index (χ2v) is 7.05. The second kappa shape index (κ2) is 8.06. The average molecular weight is 424 g/mol. The first kappa shape index (κ1) is 20.3. The van der Waals surface area contributed by atoms with Gasteiger partial charge in [0.25, 0.3) is 0 Å². The molecule has 0 amide bonds. The van der Waals surface area contributed by atoms with Crippen molar-refractivity contribution in [3.05, 3.63) is 66.0 Å². The SMILES string of the molecule is Fc1ccc(O[C@H]2C[C@H](NCc3c(F)ccc4cnccc34)C2)cc1OC(F)(F)F. The molecule has 0 radical (unpaired) electrons. The Morgan fingerprint density at radius 2 is 1.80 bits per heavy atom. The molecule has 1 fully saturated rings. The van der Waals surface area contributed by atoms with Crippen molar-refractivity contribution in [1.29, 1.82) is 0 Å². The Balaban J connectivity index is 1.32. The average Bonchev–Trinajstić information content (AvgIpc) is 2.66. The minimum Gasteiger partial charge on any atom is -0.490 e. The predicted molar refractivity (Wildman–Crippen MR) is 99.1 cm³/mol. The number of nitrogens with zero attached hydrogens (tertiary/aromatic N) is 1. The highest BCUT2D eigenvalue weighted by molar-refractivity contribution is 5.84. The number of alkyl halides is 3. The minimum absolute atomic E-state index is 0.0674.